The van der Waals surface area contributed by atoms with Crippen molar-refractivity contribution in [2.75, 3.05) is 40.3 Å². The number of carbonyl (C=O) groups excluding carboxylic acids is 1. The second-order valence-electron chi connectivity index (χ2n) is 8.89. The molecule has 180 valence electrons. The van der Waals surface area contributed by atoms with Crippen LogP contribution in [0.5, 0.6) is 0 Å². The highest BCUT2D eigenvalue weighted by Gasteiger charge is 2.28. The Hall–Kier alpha value is -2.36. The number of likely N-dealkylation sites (N-methyl/N-ethyl adjacent to an activating group) is 1. The number of carbonyl (C=O) groups is 1. The number of hydrogen-bond donors (Lipinski definition) is 0. The summed E-state index contributed by atoms with van der Waals surface area (Å²) in [5, 5.41) is 0. The number of nitrogens with zero attached hydrogens (tertiary/aromatic N) is 3. The van der Waals surface area contributed by atoms with Crippen molar-refractivity contribution in [1.29, 1.82) is 0 Å². The average molecular weight is 480 g/mol. The molecule has 2 aromatic carbocycles. The van der Waals surface area contributed by atoms with Gasteiger partial charge in [0.15, 0.2) is 11.6 Å². The fourth-order valence-electron chi connectivity index (χ4n) is 3.76. The van der Waals surface area contributed by atoms with Crippen molar-refractivity contribution < 1.29 is 22.0 Å². The standard InChI is InChI=1S/C24H31F2N3O3S/c1-18-10-12-29(13-11-18)33(31,32)21-7-5-20(6-8-21)24(30)28(15-14-27(2)3)17-19-4-9-22(25)23(26)16-19/h4-9,16,18H,10-15,17H2,1-3H3. The lowest BCUT2D eigenvalue weighted by atomic mass is 10.0. The molecule has 6 nitrogen and oxygen atoms in total. The Bertz CT molecular complexity index is 1070. The number of benzene rings is 2. The predicted octanol–water partition coefficient (Wildman–Crippen LogP) is 3.59. The van der Waals surface area contributed by atoms with Gasteiger partial charge < -0.3 is 9.80 Å². The van der Waals surface area contributed by atoms with E-state index < -0.39 is 21.7 Å². The molecule has 2 aromatic rings. The molecule has 0 aromatic heterocycles. The van der Waals surface area contributed by atoms with Gasteiger partial charge in [0.25, 0.3) is 5.91 Å². The van der Waals surface area contributed by atoms with Gasteiger partial charge in [-0.1, -0.05) is 13.0 Å². The van der Waals surface area contributed by atoms with E-state index in [2.05, 4.69) is 6.92 Å². The lowest BCUT2D eigenvalue weighted by molar-refractivity contribution is 0.0731. The maximum atomic E-state index is 13.7. The molecule has 0 unspecified atom stereocenters. The van der Waals surface area contributed by atoms with Gasteiger partial charge in [0.1, 0.15) is 0 Å². The average Bonchev–Trinajstić information content (AvgIpc) is 2.78. The van der Waals surface area contributed by atoms with Gasteiger partial charge in [0.05, 0.1) is 4.90 Å². The molecule has 3 rings (SSSR count). The summed E-state index contributed by atoms with van der Waals surface area (Å²) in [6, 6.07) is 9.51. The van der Waals surface area contributed by atoms with Crippen molar-refractivity contribution in [3.05, 3.63) is 65.2 Å². The summed E-state index contributed by atoms with van der Waals surface area (Å²) in [7, 11) is 0.150. The van der Waals surface area contributed by atoms with E-state index in [-0.39, 0.29) is 17.3 Å². The summed E-state index contributed by atoms with van der Waals surface area (Å²) in [5.74, 6) is -1.70. The summed E-state index contributed by atoms with van der Waals surface area (Å²) >= 11 is 0. The molecule has 0 aliphatic carbocycles. The first-order chi connectivity index (χ1) is 15.6. The lowest BCUT2D eigenvalue weighted by Crippen LogP contribution is -2.38. The first-order valence-corrected chi connectivity index (χ1v) is 12.5. The smallest absolute Gasteiger partial charge is 0.254 e. The molecular formula is C24H31F2N3O3S. The van der Waals surface area contributed by atoms with E-state index in [9.17, 15) is 22.0 Å². The van der Waals surface area contributed by atoms with Gasteiger partial charge in [-0.05, 0) is 74.8 Å². The topological polar surface area (TPSA) is 60.9 Å². The van der Waals surface area contributed by atoms with Gasteiger partial charge in [-0.2, -0.15) is 4.31 Å². The molecule has 1 heterocycles. The van der Waals surface area contributed by atoms with Gasteiger partial charge in [-0.3, -0.25) is 4.79 Å². The van der Waals surface area contributed by atoms with Crippen molar-refractivity contribution in [3.63, 3.8) is 0 Å². The number of sulfonamides is 1. The third kappa shape index (κ3) is 6.37. The number of hydrogen-bond acceptors (Lipinski definition) is 4. The minimum atomic E-state index is -3.60. The zero-order valence-electron chi connectivity index (χ0n) is 19.3. The van der Waals surface area contributed by atoms with Crippen molar-refractivity contribution in [2.24, 2.45) is 5.92 Å². The van der Waals surface area contributed by atoms with Crippen LogP contribution in [0.3, 0.4) is 0 Å². The highest BCUT2D eigenvalue weighted by Crippen LogP contribution is 2.24. The molecular weight excluding hydrogens is 448 g/mol. The molecule has 0 atom stereocenters. The largest absolute Gasteiger partial charge is 0.333 e. The quantitative estimate of drug-likeness (QED) is 0.581. The number of piperidine rings is 1. The highest BCUT2D eigenvalue weighted by atomic mass is 32.2. The molecule has 1 aliphatic rings. The Labute approximate surface area is 194 Å². The van der Waals surface area contributed by atoms with Crippen LogP contribution in [0.1, 0.15) is 35.7 Å². The number of amides is 1. The Kier molecular flexibility index (Phi) is 8.20. The minimum absolute atomic E-state index is 0.107. The Morgan fingerprint density at radius 3 is 2.21 bits per heavy atom. The van der Waals surface area contributed by atoms with E-state index >= 15 is 0 Å². The van der Waals surface area contributed by atoms with Gasteiger partial charge in [-0.25, -0.2) is 17.2 Å². The van der Waals surface area contributed by atoms with Crippen LogP contribution in [-0.4, -0.2) is 68.7 Å². The predicted molar refractivity (Wildman–Crippen MR) is 123 cm³/mol. The molecule has 1 fully saturated rings. The van der Waals surface area contributed by atoms with E-state index in [1.165, 1.54) is 34.6 Å². The summed E-state index contributed by atoms with van der Waals surface area (Å²) in [5.41, 5.74) is 0.807. The molecule has 9 heteroatoms. The summed E-state index contributed by atoms with van der Waals surface area (Å²) in [6.45, 7) is 4.17. The lowest BCUT2D eigenvalue weighted by Gasteiger charge is -2.29. The maximum absolute atomic E-state index is 13.7. The molecule has 1 amide bonds. The van der Waals surface area contributed by atoms with Crippen LogP contribution in [-0.2, 0) is 16.6 Å². The second-order valence-corrected chi connectivity index (χ2v) is 10.8. The SMILES string of the molecule is CC1CCN(S(=O)(=O)c2ccc(C(=O)N(CCN(C)C)Cc3ccc(F)c(F)c3)cc2)CC1. The van der Waals surface area contributed by atoms with Crippen LogP contribution in [0.4, 0.5) is 8.78 Å². The Balaban J connectivity index is 1.78. The molecule has 0 bridgehead atoms. The van der Waals surface area contributed by atoms with Crippen LogP contribution in [0.15, 0.2) is 47.4 Å². The van der Waals surface area contributed by atoms with E-state index in [1.807, 2.05) is 19.0 Å². The van der Waals surface area contributed by atoms with Gasteiger partial charge >= 0.3 is 0 Å². The number of rotatable bonds is 8. The number of halogens is 2. The summed E-state index contributed by atoms with van der Waals surface area (Å²) in [4.78, 5) is 16.8. The molecule has 1 aliphatic heterocycles. The second kappa shape index (κ2) is 10.7. The molecule has 0 radical (unpaired) electrons. The summed E-state index contributed by atoms with van der Waals surface area (Å²) < 4.78 is 54.3. The Morgan fingerprint density at radius 2 is 1.64 bits per heavy atom. The van der Waals surface area contributed by atoms with Crippen molar-refractivity contribution in [2.45, 2.75) is 31.2 Å². The Morgan fingerprint density at radius 1 is 1.00 bits per heavy atom. The molecule has 0 N–H and O–H groups in total. The molecule has 0 saturated carbocycles. The van der Waals surface area contributed by atoms with Crippen LogP contribution < -0.4 is 0 Å². The van der Waals surface area contributed by atoms with Crippen LogP contribution in [0.2, 0.25) is 0 Å². The fraction of sp³-hybridized carbons (Fsp3) is 0.458. The van der Waals surface area contributed by atoms with Gasteiger partial charge in [0, 0.05) is 38.3 Å². The minimum Gasteiger partial charge on any atom is -0.333 e. The third-order valence-electron chi connectivity index (χ3n) is 5.94. The van der Waals surface area contributed by atoms with Crippen LogP contribution in [0, 0.1) is 17.6 Å². The maximum Gasteiger partial charge on any atom is 0.254 e. The van der Waals surface area contributed by atoms with E-state index in [0.717, 1.165) is 25.0 Å². The zero-order valence-corrected chi connectivity index (χ0v) is 20.1. The molecule has 1 saturated heterocycles. The van der Waals surface area contributed by atoms with Gasteiger partial charge in [0.2, 0.25) is 10.0 Å². The van der Waals surface area contributed by atoms with Crippen molar-refractivity contribution in [1.82, 2.24) is 14.1 Å². The van der Waals surface area contributed by atoms with Crippen LogP contribution in [0.25, 0.3) is 0 Å². The highest BCUT2D eigenvalue weighted by molar-refractivity contribution is 7.89. The monoisotopic (exact) mass is 479 g/mol. The van der Waals surface area contributed by atoms with Gasteiger partial charge in [-0.15, -0.1) is 0 Å². The summed E-state index contributed by atoms with van der Waals surface area (Å²) in [6.07, 6.45) is 1.67. The van der Waals surface area contributed by atoms with E-state index in [1.54, 1.807) is 4.90 Å². The first-order valence-electron chi connectivity index (χ1n) is 11.1. The normalized spacial score (nSPS) is 15.7. The van der Waals surface area contributed by atoms with Crippen LogP contribution >= 0.6 is 0 Å². The fourth-order valence-corrected chi connectivity index (χ4v) is 5.23. The zero-order chi connectivity index (χ0) is 24.2. The molecule has 0 spiro atoms. The van der Waals surface area contributed by atoms with Crippen molar-refractivity contribution in [3.8, 4) is 0 Å². The first kappa shape index (κ1) is 25.3. The third-order valence-corrected chi connectivity index (χ3v) is 7.86. The van der Waals surface area contributed by atoms with Crippen molar-refractivity contribution >= 4 is 15.9 Å². The molecule has 33 heavy (non-hydrogen) atoms. The van der Waals surface area contributed by atoms with E-state index in [4.69, 9.17) is 0 Å². The van der Waals surface area contributed by atoms with E-state index in [0.29, 0.717) is 43.2 Å².